The summed E-state index contributed by atoms with van der Waals surface area (Å²) in [5.41, 5.74) is 1.02. The van der Waals surface area contributed by atoms with E-state index in [9.17, 15) is 9.59 Å². The molecule has 5 nitrogen and oxygen atoms in total. The quantitative estimate of drug-likeness (QED) is 0.850. The van der Waals surface area contributed by atoms with Crippen molar-refractivity contribution >= 4 is 5.91 Å². The van der Waals surface area contributed by atoms with E-state index in [-0.39, 0.29) is 17.1 Å². The third-order valence-electron chi connectivity index (χ3n) is 3.68. The lowest BCUT2D eigenvalue weighted by Crippen LogP contribution is -2.29. The number of nitrogens with zero attached hydrogens (tertiary/aromatic N) is 1. The normalized spacial score (nSPS) is 10.7. The highest BCUT2D eigenvalue weighted by Gasteiger charge is 2.12. The van der Waals surface area contributed by atoms with Crippen molar-refractivity contribution in [2.45, 2.75) is 26.9 Å². The lowest BCUT2D eigenvalue weighted by molar-refractivity contribution is 0.0942. The Kier molecular flexibility index (Phi) is 6.18. The van der Waals surface area contributed by atoms with Crippen LogP contribution in [0.2, 0.25) is 0 Å². The summed E-state index contributed by atoms with van der Waals surface area (Å²) < 4.78 is 7.20. The minimum Gasteiger partial charge on any atom is -0.483 e. The summed E-state index contributed by atoms with van der Waals surface area (Å²) in [6, 6.07) is 10.9. The molecular formula is C19H24N2O3. The summed E-state index contributed by atoms with van der Waals surface area (Å²) in [7, 11) is 1.73. The van der Waals surface area contributed by atoms with Gasteiger partial charge in [0.05, 0.1) is 6.20 Å². The number of hydrogen-bond donors (Lipinski definition) is 1. The Morgan fingerprint density at radius 3 is 2.62 bits per heavy atom. The number of amides is 1. The van der Waals surface area contributed by atoms with Gasteiger partial charge < -0.3 is 14.6 Å². The van der Waals surface area contributed by atoms with Crippen molar-refractivity contribution in [1.29, 1.82) is 0 Å². The van der Waals surface area contributed by atoms with Crippen LogP contribution in [0.3, 0.4) is 0 Å². The van der Waals surface area contributed by atoms with Gasteiger partial charge in [0.1, 0.15) is 12.3 Å². The van der Waals surface area contributed by atoms with Gasteiger partial charge in [-0.1, -0.05) is 44.2 Å². The Morgan fingerprint density at radius 1 is 1.25 bits per heavy atom. The van der Waals surface area contributed by atoms with E-state index < -0.39 is 0 Å². The van der Waals surface area contributed by atoms with Gasteiger partial charge in [0.15, 0.2) is 5.75 Å². The van der Waals surface area contributed by atoms with E-state index in [2.05, 4.69) is 19.2 Å². The highest BCUT2D eigenvalue weighted by molar-refractivity contribution is 5.92. The first-order valence-corrected chi connectivity index (χ1v) is 8.13. The highest BCUT2D eigenvalue weighted by Crippen LogP contribution is 2.09. The van der Waals surface area contributed by atoms with E-state index in [0.717, 1.165) is 12.0 Å². The molecule has 0 radical (unpaired) electrons. The molecule has 1 aromatic carbocycles. The van der Waals surface area contributed by atoms with Gasteiger partial charge in [-0.3, -0.25) is 9.59 Å². The standard InChI is InChI=1S/C19H24N2O3/c1-14(2)9-10-20-19(23)16-11-17(22)18(12-21(16)3)24-13-15-7-5-4-6-8-15/h4-8,11-12,14H,9-10,13H2,1-3H3,(H,20,23). The minimum atomic E-state index is -0.293. The molecule has 0 atom stereocenters. The number of carbonyl (C=O) groups is 1. The third-order valence-corrected chi connectivity index (χ3v) is 3.68. The maximum absolute atomic E-state index is 12.2. The van der Waals surface area contributed by atoms with Crippen molar-refractivity contribution < 1.29 is 9.53 Å². The third kappa shape index (κ3) is 4.98. The number of aromatic nitrogens is 1. The zero-order valence-electron chi connectivity index (χ0n) is 14.4. The molecule has 0 aliphatic heterocycles. The number of aryl methyl sites for hydroxylation is 1. The lowest BCUT2D eigenvalue weighted by Gasteiger charge is -2.12. The largest absolute Gasteiger partial charge is 0.483 e. The van der Waals surface area contributed by atoms with Crippen LogP contribution in [0, 0.1) is 5.92 Å². The van der Waals surface area contributed by atoms with Crippen LogP contribution in [-0.2, 0) is 13.7 Å². The summed E-state index contributed by atoms with van der Waals surface area (Å²) in [6.45, 7) is 5.11. The molecule has 0 saturated carbocycles. The van der Waals surface area contributed by atoms with Crippen molar-refractivity contribution in [3.05, 3.63) is 64.1 Å². The van der Waals surface area contributed by atoms with Crippen molar-refractivity contribution in [1.82, 2.24) is 9.88 Å². The Hall–Kier alpha value is -2.56. The average molecular weight is 328 g/mol. The minimum absolute atomic E-state index is 0.236. The van der Waals surface area contributed by atoms with E-state index >= 15 is 0 Å². The van der Waals surface area contributed by atoms with Crippen molar-refractivity contribution in [3.8, 4) is 5.75 Å². The number of carbonyl (C=O) groups excluding carboxylic acids is 1. The molecule has 0 bridgehead atoms. The Morgan fingerprint density at radius 2 is 1.96 bits per heavy atom. The van der Waals surface area contributed by atoms with Crippen LogP contribution in [0.1, 0.15) is 36.3 Å². The predicted molar refractivity (Wildman–Crippen MR) is 94.2 cm³/mol. The molecule has 1 aromatic heterocycles. The van der Waals surface area contributed by atoms with Crippen LogP contribution in [-0.4, -0.2) is 17.0 Å². The summed E-state index contributed by atoms with van der Waals surface area (Å²) in [5, 5.41) is 2.84. The fraction of sp³-hybridized carbons (Fsp3) is 0.368. The smallest absolute Gasteiger partial charge is 0.268 e. The number of nitrogens with one attached hydrogen (secondary N) is 1. The molecule has 128 valence electrons. The van der Waals surface area contributed by atoms with E-state index in [1.807, 2.05) is 30.3 Å². The molecule has 0 aliphatic rings. The first-order valence-electron chi connectivity index (χ1n) is 8.13. The van der Waals surface area contributed by atoms with Crippen molar-refractivity contribution in [2.75, 3.05) is 6.54 Å². The Balaban J connectivity index is 2.05. The van der Waals surface area contributed by atoms with Gasteiger partial charge in [0, 0.05) is 19.7 Å². The molecule has 0 saturated heterocycles. The second-order valence-corrected chi connectivity index (χ2v) is 6.21. The van der Waals surface area contributed by atoms with Crippen LogP contribution in [0.5, 0.6) is 5.75 Å². The van der Waals surface area contributed by atoms with Crippen LogP contribution in [0.25, 0.3) is 0 Å². The van der Waals surface area contributed by atoms with Crippen LogP contribution < -0.4 is 15.5 Å². The van der Waals surface area contributed by atoms with Crippen LogP contribution in [0.15, 0.2) is 47.4 Å². The molecule has 2 rings (SSSR count). The fourth-order valence-electron chi connectivity index (χ4n) is 2.24. The predicted octanol–water partition coefficient (Wildman–Crippen LogP) is 2.74. The molecular weight excluding hydrogens is 304 g/mol. The number of ether oxygens (including phenoxy) is 1. The maximum atomic E-state index is 12.2. The molecule has 0 aliphatic carbocycles. The zero-order valence-corrected chi connectivity index (χ0v) is 14.4. The molecule has 5 heteroatoms. The van der Waals surface area contributed by atoms with E-state index in [4.69, 9.17) is 4.74 Å². The monoisotopic (exact) mass is 328 g/mol. The molecule has 0 unspecified atom stereocenters. The van der Waals surface area contributed by atoms with Crippen LogP contribution >= 0.6 is 0 Å². The molecule has 0 spiro atoms. The van der Waals surface area contributed by atoms with Crippen molar-refractivity contribution in [3.63, 3.8) is 0 Å². The second-order valence-electron chi connectivity index (χ2n) is 6.21. The SMILES string of the molecule is CC(C)CCNC(=O)c1cc(=O)c(OCc2ccccc2)cn1C. The Labute approximate surface area is 142 Å². The summed E-state index contributed by atoms with van der Waals surface area (Å²) in [4.78, 5) is 24.4. The topological polar surface area (TPSA) is 60.3 Å². The van der Waals surface area contributed by atoms with Gasteiger partial charge in [-0.15, -0.1) is 0 Å². The van der Waals surface area contributed by atoms with E-state index in [1.54, 1.807) is 17.8 Å². The molecule has 0 fully saturated rings. The molecule has 1 amide bonds. The van der Waals surface area contributed by atoms with Gasteiger partial charge in [-0.2, -0.15) is 0 Å². The van der Waals surface area contributed by atoms with Gasteiger partial charge in [0.2, 0.25) is 5.43 Å². The van der Waals surface area contributed by atoms with Gasteiger partial charge in [-0.05, 0) is 17.9 Å². The van der Waals surface area contributed by atoms with E-state index in [0.29, 0.717) is 24.8 Å². The number of rotatable bonds is 7. The Bertz CT molecular complexity index is 736. The lowest BCUT2D eigenvalue weighted by atomic mass is 10.1. The fourth-order valence-corrected chi connectivity index (χ4v) is 2.24. The second kappa shape index (κ2) is 8.34. The van der Waals surface area contributed by atoms with Gasteiger partial charge in [-0.25, -0.2) is 0 Å². The molecule has 1 heterocycles. The average Bonchev–Trinajstić information content (AvgIpc) is 2.55. The summed E-state index contributed by atoms with van der Waals surface area (Å²) in [5.74, 6) is 0.507. The van der Waals surface area contributed by atoms with Gasteiger partial charge in [0.25, 0.3) is 5.91 Å². The zero-order chi connectivity index (χ0) is 17.5. The first kappa shape index (κ1) is 17.8. The van der Waals surface area contributed by atoms with Crippen molar-refractivity contribution in [2.24, 2.45) is 13.0 Å². The first-order chi connectivity index (χ1) is 11.5. The highest BCUT2D eigenvalue weighted by atomic mass is 16.5. The summed E-state index contributed by atoms with van der Waals surface area (Å²) in [6.07, 6.45) is 2.46. The van der Waals surface area contributed by atoms with E-state index in [1.165, 1.54) is 6.07 Å². The van der Waals surface area contributed by atoms with Gasteiger partial charge >= 0.3 is 0 Å². The number of hydrogen-bond acceptors (Lipinski definition) is 3. The molecule has 24 heavy (non-hydrogen) atoms. The maximum Gasteiger partial charge on any atom is 0.268 e. The number of pyridine rings is 1. The number of benzene rings is 1. The van der Waals surface area contributed by atoms with Crippen LogP contribution in [0.4, 0.5) is 0 Å². The molecule has 1 N–H and O–H groups in total. The summed E-state index contributed by atoms with van der Waals surface area (Å²) >= 11 is 0. The molecule has 2 aromatic rings.